The molecule has 0 spiro atoms. The normalized spacial score (nSPS) is 12.3. The molecular formula is C12H15N5O2. The van der Waals surface area contributed by atoms with Crippen LogP contribution in [0.3, 0.4) is 0 Å². The van der Waals surface area contributed by atoms with Crippen LogP contribution < -0.4 is 16.8 Å². The summed E-state index contributed by atoms with van der Waals surface area (Å²) < 4.78 is 0. The van der Waals surface area contributed by atoms with Crippen molar-refractivity contribution in [3.05, 3.63) is 30.1 Å². The number of hydrogen-bond acceptors (Lipinski definition) is 4. The SMILES string of the molecule is NC(=O)C[C@H](N)C(=O)NCc1ccc2nc[nH]c2c1. The molecule has 2 amide bonds. The predicted molar refractivity (Wildman–Crippen MR) is 69.7 cm³/mol. The molecular weight excluding hydrogens is 246 g/mol. The first-order valence-electron chi connectivity index (χ1n) is 5.80. The zero-order valence-electron chi connectivity index (χ0n) is 10.2. The maximum Gasteiger partial charge on any atom is 0.237 e. The summed E-state index contributed by atoms with van der Waals surface area (Å²) in [6.45, 7) is 0.334. The molecule has 0 radical (unpaired) electrons. The maximum absolute atomic E-state index is 11.6. The van der Waals surface area contributed by atoms with Gasteiger partial charge in [0.25, 0.3) is 0 Å². The number of nitrogens with two attached hydrogens (primary N) is 2. The molecule has 0 aliphatic heterocycles. The minimum Gasteiger partial charge on any atom is -0.370 e. The van der Waals surface area contributed by atoms with E-state index in [9.17, 15) is 9.59 Å². The second kappa shape index (κ2) is 5.49. The number of imidazole rings is 1. The molecule has 0 bridgehead atoms. The van der Waals surface area contributed by atoms with E-state index in [1.807, 2.05) is 18.2 Å². The highest BCUT2D eigenvalue weighted by Crippen LogP contribution is 2.11. The van der Waals surface area contributed by atoms with Gasteiger partial charge in [-0.2, -0.15) is 0 Å². The minimum atomic E-state index is -0.909. The molecule has 0 fully saturated rings. The Balaban J connectivity index is 1.94. The average molecular weight is 261 g/mol. The topological polar surface area (TPSA) is 127 Å². The Morgan fingerprint density at radius 2 is 2.21 bits per heavy atom. The quantitative estimate of drug-likeness (QED) is 0.572. The highest BCUT2D eigenvalue weighted by molar-refractivity contribution is 5.87. The molecule has 2 rings (SSSR count). The summed E-state index contributed by atoms with van der Waals surface area (Å²) in [4.78, 5) is 29.3. The largest absolute Gasteiger partial charge is 0.370 e. The lowest BCUT2D eigenvalue weighted by molar-refractivity contribution is -0.126. The fourth-order valence-electron chi connectivity index (χ4n) is 1.72. The molecule has 100 valence electrons. The van der Waals surface area contributed by atoms with Crippen molar-refractivity contribution in [2.45, 2.75) is 19.0 Å². The van der Waals surface area contributed by atoms with Gasteiger partial charge in [0.1, 0.15) is 0 Å². The lowest BCUT2D eigenvalue weighted by atomic mass is 10.1. The summed E-state index contributed by atoms with van der Waals surface area (Å²) in [5.74, 6) is -0.995. The third-order valence-corrected chi connectivity index (χ3v) is 2.71. The number of primary amides is 1. The third kappa shape index (κ3) is 3.29. The number of aromatic nitrogens is 2. The molecule has 7 nitrogen and oxygen atoms in total. The second-order valence-electron chi connectivity index (χ2n) is 4.25. The summed E-state index contributed by atoms with van der Waals surface area (Å²) in [5.41, 5.74) is 13.2. The van der Waals surface area contributed by atoms with Gasteiger partial charge in [0.15, 0.2) is 0 Å². The van der Waals surface area contributed by atoms with E-state index < -0.39 is 17.9 Å². The molecule has 0 aliphatic carbocycles. The van der Waals surface area contributed by atoms with Gasteiger partial charge in [-0.1, -0.05) is 6.07 Å². The molecule has 0 saturated carbocycles. The molecule has 19 heavy (non-hydrogen) atoms. The number of H-pyrrole nitrogens is 1. The van der Waals surface area contributed by atoms with Crippen LogP contribution in [0.4, 0.5) is 0 Å². The number of amides is 2. The minimum absolute atomic E-state index is 0.161. The number of hydrogen-bond donors (Lipinski definition) is 4. The Labute approximate surface area is 109 Å². The molecule has 6 N–H and O–H groups in total. The summed E-state index contributed by atoms with van der Waals surface area (Å²) >= 11 is 0. The van der Waals surface area contributed by atoms with Crippen LogP contribution in [-0.2, 0) is 16.1 Å². The van der Waals surface area contributed by atoms with Gasteiger partial charge in [0, 0.05) is 6.54 Å². The lowest BCUT2D eigenvalue weighted by Gasteiger charge is -2.10. The van der Waals surface area contributed by atoms with Crippen LogP contribution >= 0.6 is 0 Å². The third-order valence-electron chi connectivity index (χ3n) is 2.71. The van der Waals surface area contributed by atoms with E-state index in [1.54, 1.807) is 6.33 Å². The van der Waals surface area contributed by atoms with E-state index in [-0.39, 0.29) is 6.42 Å². The van der Waals surface area contributed by atoms with Gasteiger partial charge in [-0.15, -0.1) is 0 Å². The van der Waals surface area contributed by atoms with E-state index in [2.05, 4.69) is 15.3 Å². The van der Waals surface area contributed by atoms with Crippen molar-refractivity contribution in [3.8, 4) is 0 Å². The van der Waals surface area contributed by atoms with Gasteiger partial charge in [0.05, 0.1) is 29.8 Å². The van der Waals surface area contributed by atoms with Crippen molar-refractivity contribution in [2.24, 2.45) is 11.5 Å². The number of nitrogens with zero attached hydrogens (tertiary/aromatic N) is 1. The van der Waals surface area contributed by atoms with Crippen LogP contribution in [0, 0.1) is 0 Å². The molecule has 7 heteroatoms. The highest BCUT2D eigenvalue weighted by atomic mass is 16.2. The van der Waals surface area contributed by atoms with Gasteiger partial charge in [-0.3, -0.25) is 9.59 Å². The molecule has 1 heterocycles. The van der Waals surface area contributed by atoms with E-state index in [0.717, 1.165) is 16.6 Å². The Hall–Kier alpha value is -2.41. The number of benzene rings is 1. The van der Waals surface area contributed by atoms with Crippen molar-refractivity contribution in [1.29, 1.82) is 0 Å². The summed E-state index contributed by atoms with van der Waals surface area (Å²) in [6, 6.07) is 4.70. The first kappa shape index (κ1) is 13.0. The zero-order valence-corrected chi connectivity index (χ0v) is 10.2. The van der Waals surface area contributed by atoms with Crippen molar-refractivity contribution in [2.75, 3.05) is 0 Å². The van der Waals surface area contributed by atoms with Gasteiger partial charge in [-0.25, -0.2) is 4.98 Å². The standard InChI is InChI=1S/C12H15N5O2/c13-8(4-11(14)18)12(19)15-5-7-1-2-9-10(3-7)17-6-16-9/h1-3,6,8H,4-5,13H2,(H2,14,18)(H,15,19)(H,16,17)/t8-/m0/s1. The van der Waals surface area contributed by atoms with E-state index in [1.165, 1.54) is 0 Å². The Morgan fingerprint density at radius 1 is 1.42 bits per heavy atom. The first-order valence-corrected chi connectivity index (χ1v) is 5.80. The highest BCUT2D eigenvalue weighted by Gasteiger charge is 2.15. The predicted octanol–water partition coefficient (Wildman–Crippen LogP) is -0.618. The molecule has 2 aromatic rings. The van der Waals surface area contributed by atoms with E-state index in [4.69, 9.17) is 11.5 Å². The molecule has 0 saturated heterocycles. The van der Waals surface area contributed by atoms with Crippen LogP contribution in [0.25, 0.3) is 11.0 Å². The Morgan fingerprint density at radius 3 is 2.95 bits per heavy atom. The lowest BCUT2D eigenvalue weighted by Crippen LogP contribution is -2.42. The first-order chi connectivity index (χ1) is 9.06. The molecule has 0 aliphatic rings. The van der Waals surface area contributed by atoms with Crippen molar-refractivity contribution >= 4 is 22.8 Å². The van der Waals surface area contributed by atoms with Crippen LogP contribution in [0.15, 0.2) is 24.5 Å². The molecule has 0 unspecified atom stereocenters. The van der Waals surface area contributed by atoms with Crippen molar-refractivity contribution < 1.29 is 9.59 Å². The molecule has 1 aromatic carbocycles. The number of rotatable bonds is 5. The summed E-state index contributed by atoms with van der Waals surface area (Å²) in [5, 5.41) is 2.65. The van der Waals surface area contributed by atoms with Crippen LogP contribution in [0.1, 0.15) is 12.0 Å². The van der Waals surface area contributed by atoms with Gasteiger partial charge in [-0.05, 0) is 17.7 Å². The number of nitrogens with one attached hydrogen (secondary N) is 2. The summed E-state index contributed by atoms with van der Waals surface area (Å²) in [7, 11) is 0. The van der Waals surface area contributed by atoms with Gasteiger partial charge < -0.3 is 21.8 Å². The molecule has 1 atom stereocenters. The van der Waals surface area contributed by atoms with Crippen LogP contribution in [0.5, 0.6) is 0 Å². The second-order valence-corrected chi connectivity index (χ2v) is 4.25. The smallest absolute Gasteiger partial charge is 0.237 e. The fourth-order valence-corrected chi connectivity index (χ4v) is 1.72. The molecule has 1 aromatic heterocycles. The van der Waals surface area contributed by atoms with Gasteiger partial charge in [0.2, 0.25) is 11.8 Å². The fraction of sp³-hybridized carbons (Fsp3) is 0.250. The average Bonchev–Trinajstić information content (AvgIpc) is 2.82. The zero-order chi connectivity index (χ0) is 13.8. The van der Waals surface area contributed by atoms with Crippen LogP contribution in [0.2, 0.25) is 0 Å². The number of fused-ring (bicyclic) bond motifs is 1. The monoisotopic (exact) mass is 261 g/mol. The van der Waals surface area contributed by atoms with E-state index in [0.29, 0.717) is 6.54 Å². The van der Waals surface area contributed by atoms with Crippen LogP contribution in [-0.4, -0.2) is 27.8 Å². The number of carbonyl (C=O) groups excluding carboxylic acids is 2. The maximum atomic E-state index is 11.6. The summed E-state index contributed by atoms with van der Waals surface area (Å²) in [6.07, 6.45) is 1.45. The van der Waals surface area contributed by atoms with Gasteiger partial charge >= 0.3 is 0 Å². The van der Waals surface area contributed by atoms with E-state index >= 15 is 0 Å². The van der Waals surface area contributed by atoms with Crippen molar-refractivity contribution in [3.63, 3.8) is 0 Å². The Kier molecular flexibility index (Phi) is 3.76. The number of carbonyl (C=O) groups is 2. The number of aromatic amines is 1. The Bertz CT molecular complexity index is 607. The van der Waals surface area contributed by atoms with Crippen molar-refractivity contribution in [1.82, 2.24) is 15.3 Å².